The first-order chi connectivity index (χ1) is 11.0. The summed E-state index contributed by atoms with van der Waals surface area (Å²) in [5, 5.41) is 0. The number of anilines is 1. The minimum absolute atomic E-state index is 0.0317. The van der Waals surface area contributed by atoms with Gasteiger partial charge in [0.1, 0.15) is 5.75 Å². The molecule has 6 heteroatoms. The fraction of sp³-hybridized carbons (Fsp3) is 0.529. The van der Waals surface area contributed by atoms with Gasteiger partial charge in [-0.15, -0.1) is 0 Å². The van der Waals surface area contributed by atoms with Crippen LogP contribution in [0.5, 0.6) is 5.75 Å². The Labute approximate surface area is 136 Å². The van der Waals surface area contributed by atoms with Crippen molar-refractivity contribution in [3.63, 3.8) is 0 Å². The monoisotopic (exact) mass is 317 g/mol. The van der Waals surface area contributed by atoms with Crippen LogP contribution in [-0.2, 0) is 9.59 Å². The first-order valence-electron chi connectivity index (χ1n) is 7.99. The van der Waals surface area contributed by atoms with E-state index >= 15 is 0 Å². The Hall–Kier alpha value is -2.08. The standard InChI is InChI=1S/C17H23N3O3/c1-11-3-4-15(23-2)14(7-11)20-9-12(8-16(20)21)17(22)19-6-5-13(18)10-19/h3-4,7,12-13H,5-6,8-10,18H2,1-2H3/t12?,13-/m1/s1. The molecule has 2 heterocycles. The van der Waals surface area contributed by atoms with Crippen molar-refractivity contribution in [2.24, 2.45) is 11.7 Å². The number of methoxy groups -OCH3 is 1. The number of nitrogens with two attached hydrogens (primary N) is 1. The summed E-state index contributed by atoms with van der Waals surface area (Å²) >= 11 is 0. The van der Waals surface area contributed by atoms with Gasteiger partial charge in [0.05, 0.1) is 18.7 Å². The summed E-state index contributed by atoms with van der Waals surface area (Å²) in [6.45, 7) is 3.66. The van der Waals surface area contributed by atoms with Crippen molar-refractivity contribution < 1.29 is 14.3 Å². The molecule has 1 unspecified atom stereocenters. The molecule has 1 aromatic carbocycles. The lowest BCUT2D eigenvalue weighted by molar-refractivity contribution is -0.134. The normalized spacial score (nSPS) is 24.4. The van der Waals surface area contributed by atoms with Gasteiger partial charge >= 0.3 is 0 Å². The topological polar surface area (TPSA) is 75.9 Å². The Morgan fingerprint density at radius 2 is 2.13 bits per heavy atom. The number of benzene rings is 1. The Morgan fingerprint density at radius 1 is 1.35 bits per heavy atom. The van der Waals surface area contributed by atoms with Crippen LogP contribution in [0.4, 0.5) is 5.69 Å². The van der Waals surface area contributed by atoms with Crippen LogP contribution in [0.15, 0.2) is 18.2 Å². The molecule has 0 spiro atoms. The van der Waals surface area contributed by atoms with Gasteiger partial charge in [-0.3, -0.25) is 9.59 Å². The van der Waals surface area contributed by atoms with Crippen LogP contribution in [0.1, 0.15) is 18.4 Å². The van der Waals surface area contributed by atoms with Gasteiger partial charge in [0.15, 0.2) is 0 Å². The molecule has 2 aliphatic heterocycles. The Kier molecular flexibility index (Phi) is 4.26. The zero-order valence-corrected chi connectivity index (χ0v) is 13.6. The smallest absolute Gasteiger partial charge is 0.228 e. The van der Waals surface area contributed by atoms with Crippen LogP contribution >= 0.6 is 0 Å². The predicted molar refractivity (Wildman–Crippen MR) is 87.4 cm³/mol. The van der Waals surface area contributed by atoms with Crippen molar-refractivity contribution >= 4 is 17.5 Å². The highest BCUT2D eigenvalue weighted by molar-refractivity contribution is 6.01. The van der Waals surface area contributed by atoms with E-state index in [2.05, 4.69) is 0 Å². The van der Waals surface area contributed by atoms with E-state index < -0.39 is 0 Å². The summed E-state index contributed by atoms with van der Waals surface area (Å²) in [6.07, 6.45) is 1.09. The van der Waals surface area contributed by atoms with Crippen molar-refractivity contribution in [3.8, 4) is 5.75 Å². The zero-order chi connectivity index (χ0) is 16.6. The Bertz CT molecular complexity index is 632. The number of carbonyl (C=O) groups excluding carboxylic acids is 2. The van der Waals surface area contributed by atoms with Crippen LogP contribution in [-0.4, -0.2) is 49.5 Å². The van der Waals surface area contributed by atoms with Gasteiger partial charge in [-0.1, -0.05) is 6.07 Å². The quantitative estimate of drug-likeness (QED) is 0.899. The lowest BCUT2D eigenvalue weighted by atomic mass is 10.1. The molecule has 3 rings (SSSR count). The number of amides is 2. The van der Waals surface area contributed by atoms with E-state index in [4.69, 9.17) is 10.5 Å². The van der Waals surface area contributed by atoms with Crippen molar-refractivity contribution in [2.45, 2.75) is 25.8 Å². The van der Waals surface area contributed by atoms with Gasteiger partial charge in [0.25, 0.3) is 0 Å². The highest BCUT2D eigenvalue weighted by Crippen LogP contribution is 2.34. The number of hydrogen-bond acceptors (Lipinski definition) is 4. The van der Waals surface area contributed by atoms with Crippen molar-refractivity contribution in [2.75, 3.05) is 31.6 Å². The van der Waals surface area contributed by atoms with Crippen LogP contribution in [0, 0.1) is 12.8 Å². The summed E-state index contributed by atoms with van der Waals surface area (Å²) < 4.78 is 5.36. The van der Waals surface area contributed by atoms with Crippen LogP contribution in [0.25, 0.3) is 0 Å². The van der Waals surface area contributed by atoms with Gasteiger partial charge in [-0.05, 0) is 31.0 Å². The average molecular weight is 317 g/mol. The number of hydrogen-bond donors (Lipinski definition) is 1. The fourth-order valence-electron chi connectivity index (χ4n) is 3.36. The molecule has 2 atom stereocenters. The van der Waals surface area contributed by atoms with Crippen LogP contribution in [0.3, 0.4) is 0 Å². The molecule has 2 aliphatic rings. The van der Waals surface area contributed by atoms with Crippen molar-refractivity contribution in [3.05, 3.63) is 23.8 Å². The van der Waals surface area contributed by atoms with Crippen molar-refractivity contribution in [1.82, 2.24) is 4.90 Å². The summed E-state index contributed by atoms with van der Waals surface area (Å²) in [7, 11) is 1.59. The van der Waals surface area contributed by atoms with Gasteiger partial charge in [-0.25, -0.2) is 0 Å². The number of likely N-dealkylation sites (tertiary alicyclic amines) is 1. The maximum Gasteiger partial charge on any atom is 0.228 e. The molecule has 0 aromatic heterocycles. The second kappa shape index (κ2) is 6.20. The summed E-state index contributed by atoms with van der Waals surface area (Å²) in [6, 6.07) is 5.78. The molecular weight excluding hydrogens is 294 g/mol. The first kappa shape index (κ1) is 15.8. The SMILES string of the molecule is COc1ccc(C)cc1N1CC(C(=O)N2CC[C@@H](N)C2)CC1=O. The highest BCUT2D eigenvalue weighted by Gasteiger charge is 2.39. The lowest BCUT2D eigenvalue weighted by Gasteiger charge is -2.22. The number of aryl methyl sites for hydroxylation is 1. The third-order valence-corrected chi connectivity index (χ3v) is 4.64. The van der Waals surface area contributed by atoms with Crippen LogP contribution < -0.4 is 15.4 Å². The number of nitrogens with zero attached hydrogens (tertiary/aromatic N) is 2. The maximum absolute atomic E-state index is 12.6. The van der Waals surface area contributed by atoms with E-state index in [0.29, 0.717) is 25.4 Å². The highest BCUT2D eigenvalue weighted by atomic mass is 16.5. The van der Waals surface area contributed by atoms with E-state index in [0.717, 1.165) is 17.7 Å². The molecule has 124 valence electrons. The summed E-state index contributed by atoms with van der Waals surface area (Å²) in [4.78, 5) is 28.5. The fourth-order valence-corrected chi connectivity index (χ4v) is 3.36. The molecule has 0 radical (unpaired) electrons. The van der Waals surface area contributed by atoms with E-state index in [-0.39, 0.29) is 30.2 Å². The number of rotatable bonds is 3. The number of ether oxygens (including phenoxy) is 1. The van der Waals surface area contributed by atoms with Gasteiger partial charge in [0, 0.05) is 32.1 Å². The molecule has 23 heavy (non-hydrogen) atoms. The van der Waals surface area contributed by atoms with Gasteiger partial charge < -0.3 is 20.3 Å². The van der Waals surface area contributed by atoms with E-state index in [1.54, 1.807) is 16.9 Å². The molecule has 0 aliphatic carbocycles. The first-order valence-corrected chi connectivity index (χ1v) is 7.99. The second-order valence-corrected chi connectivity index (χ2v) is 6.41. The summed E-state index contributed by atoms with van der Waals surface area (Å²) in [5.41, 5.74) is 7.67. The summed E-state index contributed by atoms with van der Waals surface area (Å²) in [5.74, 6) is 0.370. The molecule has 2 saturated heterocycles. The lowest BCUT2D eigenvalue weighted by Crippen LogP contribution is -2.37. The van der Waals surface area contributed by atoms with Crippen LogP contribution in [0.2, 0.25) is 0 Å². The van der Waals surface area contributed by atoms with Crippen molar-refractivity contribution in [1.29, 1.82) is 0 Å². The Morgan fingerprint density at radius 3 is 2.78 bits per heavy atom. The predicted octanol–water partition coefficient (Wildman–Crippen LogP) is 0.916. The minimum Gasteiger partial charge on any atom is -0.495 e. The number of carbonyl (C=O) groups is 2. The average Bonchev–Trinajstić information content (AvgIpc) is 3.12. The third-order valence-electron chi connectivity index (χ3n) is 4.64. The Balaban J connectivity index is 1.78. The largest absolute Gasteiger partial charge is 0.495 e. The van der Waals surface area contributed by atoms with Gasteiger partial charge in [-0.2, -0.15) is 0 Å². The van der Waals surface area contributed by atoms with Gasteiger partial charge in [0.2, 0.25) is 11.8 Å². The molecule has 2 N–H and O–H groups in total. The zero-order valence-electron chi connectivity index (χ0n) is 13.6. The molecular formula is C17H23N3O3. The molecule has 0 saturated carbocycles. The molecule has 1 aromatic rings. The second-order valence-electron chi connectivity index (χ2n) is 6.41. The molecule has 2 amide bonds. The third kappa shape index (κ3) is 3.03. The van der Waals surface area contributed by atoms with E-state index in [9.17, 15) is 9.59 Å². The van der Waals surface area contributed by atoms with E-state index in [1.807, 2.05) is 25.1 Å². The maximum atomic E-state index is 12.6. The molecule has 2 fully saturated rings. The molecule has 6 nitrogen and oxygen atoms in total. The molecule has 0 bridgehead atoms. The van der Waals surface area contributed by atoms with E-state index in [1.165, 1.54) is 0 Å². The minimum atomic E-state index is -0.294.